The second-order valence-corrected chi connectivity index (χ2v) is 7.89. The van der Waals surface area contributed by atoms with E-state index in [1.54, 1.807) is 0 Å². The van der Waals surface area contributed by atoms with Gasteiger partial charge in [-0.3, -0.25) is 0 Å². The molecule has 0 amide bonds. The molecule has 2 aromatic carbocycles. The van der Waals surface area contributed by atoms with E-state index in [0.29, 0.717) is 0 Å². The molecule has 0 atom stereocenters. The number of hydrogen-bond donors (Lipinski definition) is 0. The summed E-state index contributed by atoms with van der Waals surface area (Å²) in [5.74, 6) is 3.12. The number of benzene rings is 2. The predicted octanol–water partition coefficient (Wildman–Crippen LogP) is 2.44. The van der Waals surface area contributed by atoms with E-state index in [4.69, 9.17) is 0 Å². The highest BCUT2D eigenvalue weighted by Gasteiger charge is 2.29. The first-order valence-corrected chi connectivity index (χ1v) is 8.32. The van der Waals surface area contributed by atoms with Crippen molar-refractivity contribution in [1.82, 2.24) is 0 Å². The average Bonchev–Trinajstić information content (AvgIpc) is 2.41. The maximum absolute atomic E-state index is 3.48. The Morgan fingerprint density at radius 2 is 1.18 bits per heavy atom. The zero-order valence-corrected chi connectivity index (χ0v) is 11.3. The summed E-state index contributed by atoms with van der Waals surface area (Å²) in [6.07, 6.45) is 0. The lowest BCUT2D eigenvalue weighted by Crippen LogP contribution is -2.54. The largest absolute Gasteiger partial charge is 0.196 e. The number of hydrogen-bond acceptors (Lipinski definition) is 0. The molecule has 0 fully saturated rings. The summed E-state index contributed by atoms with van der Waals surface area (Å²) in [5, 5.41) is 2.75. The predicted molar refractivity (Wildman–Crippen MR) is 77.2 cm³/mol. The Balaban J connectivity index is 2.58. The quantitative estimate of drug-likeness (QED) is 0.555. The molecule has 0 N–H and O–H groups in total. The second-order valence-electron chi connectivity index (χ2n) is 4.23. The van der Waals surface area contributed by atoms with Gasteiger partial charge >= 0.3 is 0 Å². The molecule has 1 heteroatoms. The van der Waals surface area contributed by atoms with Crippen molar-refractivity contribution in [2.45, 2.75) is 13.5 Å². The van der Waals surface area contributed by atoms with Gasteiger partial charge in [0, 0.05) is 0 Å². The van der Waals surface area contributed by atoms with Gasteiger partial charge in [0.1, 0.15) is 0 Å². The summed E-state index contributed by atoms with van der Waals surface area (Å²) >= 11 is 0. The minimum atomic E-state index is -1.86. The molecule has 0 bridgehead atoms. The fourth-order valence-electron chi connectivity index (χ4n) is 2.10. The van der Waals surface area contributed by atoms with Crippen molar-refractivity contribution in [3.05, 3.63) is 60.7 Å². The van der Waals surface area contributed by atoms with Crippen molar-refractivity contribution in [3.8, 4) is 11.5 Å². The molecule has 0 saturated heterocycles. The first kappa shape index (κ1) is 11.7. The Bertz CT molecular complexity index is 492. The van der Waals surface area contributed by atoms with Crippen molar-refractivity contribution >= 4 is 18.4 Å². The lowest BCUT2D eigenvalue weighted by atomic mass is 10.4. The molecule has 0 aromatic heterocycles. The molecule has 0 aliphatic carbocycles. The van der Waals surface area contributed by atoms with Gasteiger partial charge in [0.05, 0.1) is 0 Å². The van der Waals surface area contributed by atoms with E-state index < -0.39 is 8.07 Å². The van der Waals surface area contributed by atoms with Crippen LogP contribution < -0.4 is 10.4 Å². The molecule has 2 aromatic rings. The summed E-state index contributed by atoms with van der Waals surface area (Å²) in [7, 11) is -1.86. The van der Waals surface area contributed by atoms with Crippen LogP contribution in [0.25, 0.3) is 0 Å². The van der Waals surface area contributed by atoms with Crippen LogP contribution in [-0.2, 0) is 0 Å². The van der Waals surface area contributed by atoms with Crippen LogP contribution in [0.1, 0.15) is 6.92 Å². The molecule has 17 heavy (non-hydrogen) atoms. The fourth-order valence-corrected chi connectivity index (χ4v) is 4.94. The van der Waals surface area contributed by atoms with Crippen LogP contribution in [0, 0.1) is 11.5 Å². The summed E-state index contributed by atoms with van der Waals surface area (Å²) < 4.78 is 0. The Kier molecular flexibility index (Phi) is 3.46. The van der Waals surface area contributed by atoms with Crippen molar-refractivity contribution in [2.24, 2.45) is 0 Å². The smallest absolute Gasteiger partial charge is 0.120 e. The molecule has 0 nitrogen and oxygen atoms in total. The third kappa shape index (κ3) is 2.32. The first-order chi connectivity index (χ1) is 8.27. The van der Waals surface area contributed by atoms with Crippen LogP contribution in [0.5, 0.6) is 0 Å². The van der Waals surface area contributed by atoms with Gasteiger partial charge in [-0.1, -0.05) is 67.2 Å². The normalized spacial score (nSPS) is 10.5. The molecule has 0 spiro atoms. The third-order valence-corrected chi connectivity index (χ3v) is 6.80. The average molecular weight is 236 g/mol. The highest BCUT2D eigenvalue weighted by Crippen LogP contribution is 2.04. The zero-order chi connectivity index (χ0) is 12.1. The van der Waals surface area contributed by atoms with Crippen molar-refractivity contribution < 1.29 is 0 Å². The van der Waals surface area contributed by atoms with Gasteiger partial charge < -0.3 is 0 Å². The zero-order valence-electron chi connectivity index (χ0n) is 10.3. The van der Waals surface area contributed by atoms with Crippen molar-refractivity contribution in [2.75, 3.05) is 0 Å². The van der Waals surface area contributed by atoms with Crippen LogP contribution in [0.15, 0.2) is 60.7 Å². The van der Waals surface area contributed by atoms with Gasteiger partial charge in [-0.2, -0.15) is 0 Å². The van der Waals surface area contributed by atoms with E-state index in [0.717, 1.165) is 0 Å². The monoisotopic (exact) mass is 236 g/mol. The maximum Gasteiger partial charge on any atom is 0.196 e. The highest BCUT2D eigenvalue weighted by atomic mass is 28.3. The van der Waals surface area contributed by atoms with E-state index in [1.807, 2.05) is 6.92 Å². The molecular formula is C16H16Si. The van der Waals surface area contributed by atoms with Gasteiger partial charge in [0.15, 0.2) is 8.07 Å². The van der Waals surface area contributed by atoms with Crippen molar-refractivity contribution in [1.29, 1.82) is 0 Å². The van der Waals surface area contributed by atoms with Gasteiger partial charge in [0.2, 0.25) is 0 Å². The van der Waals surface area contributed by atoms with Gasteiger partial charge in [-0.25, -0.2) is 0 Å². The van der Waals surface area contributed by atoms with E-state index in [2.05, 4.69) is 78.7 Å². The van der Waals surface area contributed by atoms with Crippen molar-refractivity contribution in [3.63, 3.8) is 0 Å². The Morgan fingerprint density at radius 1 is 0.765 bits per heavy atom. The second kappa shape index (κ2) is 5.03. The lowest BCUT2D eigenvalue weighted by Gasteiger charge is -2.22. The lowest BCUT2D eigenvalue weighted by molar-refractivity contribution is 1.70. The van der Waals surface area contributed by atoms with E-state index >= 15 is 0 Å². The third-order valence-electron chi connectivity index (χ3n) is 3.08. The molecule has 84 valence electrons. The summed E-state index contributed by atoms with van der Waals surface area (Å²) in [6.45, 7) is 4.24. The van der Waals surface area contributed by atoms with E-state index in [9.17, 15) is 0 Å². The molecule has 0 unspecified atom stereocenters. The van der Waals surface area contributed by atoms with E-state index in [-0.39, 0.29) is 0 Å². The fraction of sp³-hybridized carbons (Fsp3) is 0.125. The SMILES string of the molecule is CC#C[Si](C)(c1ccccc1)c1ccccc1. The molecule has 0 saturated carbocycles. The Labute approximate surface area is 104 Å². The van der Waals surface area contributed by atoms with Crippen LogP contribution in [0.4, 0.5) is 0 Å². The number of rotatable bonds is 2. The molecule has 0 aliphatic heterocycles. The first-order valence-electron chi connectivity index (χ1n) is 5.82. The molecule has 2 rings (SSSR count). The maximum atomic E-state index is 3.48. The van der Waals surface area contributed by atoms with Gasteiger partial charge in [-0.15, -0.1) is 11.5 Å². The minimum Gasteiger partial charge on any atom is -0.120 e. The topological polar surface area (TPSA) is 0 Å². The van der Waals surface area contributed by atoms with E-state index in [1.165, 1.54) is 10.4 Å². The van der Waals surface area contributed by atoms with Gasteiger partial charge in [0.25, 0.3) is 0 Å². The molecular weight excluding hydrogens is 220 g/mol. The van der Waals surface area contributed by atoms with Crippen LogP contribution in [0.2, 0.25) is 6.55 Å². The summed E-state index contributed by atoms with van der Waals surface area (Å²) in [5.41, 5.74) is 3.48. The summed E-state index contributed by atoms with van der Waals surface area (Å²) in [4.78, 5) is 0. The molecule has 0 heterocycles. The van der Waals surface area contributed by atoms with Gasteiger partial charge in [-0.05, 0) is 17.3 Å². The summed E-state index contributed by atoms with van der Waals surface area (Å²) in [6, 6.07) is 21.3. The van der Waals surface area contributed by atoms with Crippen LogP contribution >= 0.6 is 0 Å². The molecule has 0 aliphatic rings. The Hall–Kier alpha value is -1.78. The molecule has 0 radical (unpaired) electrons. The Morgan fingerprint density at radius 3 is 1.53 bits per heavy atom. The highest BCUT2D eigenvalue weighted by molar-refractivity contribution is 7.07. The van der Waals surface area contributed by atoms with Crippen LogP contribution in [-0.4, -0.2) is 8.07 Å². The standard InChI is InChI=1S/C16H16Si/c1-3-14-17(2,15-10-6-4-7-11-15)16-12-8-5-9-13-16/h4-13H,1-2H3. The minimum absolute atomic E-state index is 1.38. The van der Waals surface area contributed by atoms with Crippen LogP contribution in [0.3, 0.4) is 0 Å².